The number of hydrogen-bond donors (Lipinski definition) is 3. The van der Waals surface area contributed by atoms with Gasteiger partial charge in [-0.1, -0.05) is 0 Å². The lowest BCUT2D eigenvalue weighted by Gasteiger charge is -2.36. The second-order valence-electron chi connectivity index (χ2n) is 11.0. The van der Waals surface area contributed by atoms with Gasteiger partial charge < -0.3 is 21.4 Å². The van der Waals surface area contributed by atoms with Gasteiger partial charge in [0, 0.05) is 60.1 Å². The van der Waals surface area contributed by atoms with Crippen LogP contribution in [0.25, 0.3) is 0 Å². The number of likely N-dealkylation sites (tertiary alicyclic amines) is 2. The second kappa shape index (κ2) is 6.72. The minimum Gasteiger partial charge on any atom is -0.386 e. The highest BCUT2D eigenvalue weighted by Crippen LogP contribution is 2.94. The molecular weight excluding hydrogens is 429 g/mol. The minimum absolute atomic E-state index is 0.0425. The number of nitrogens with zero attached hydrogens (tertiary/aromatic N) is 3. The minimum atomic E-state index is -4.59. The molecule has 7 atom stereocenters. The van der Waals surface area contributed by atoms with E-state index in [1.165, 1.54) is 19.0 Å². The van der Waals surface area contributed by atoms with Gasteiger partial charge in [0.05, 0.1) is 11.3 Å². The Hall–Kier alpha value is -2.13. The van der Waals surface area contributed by atoms with E-state index in [9.17, 15) is 13.2 Å². The number of nitrogens with two attached hydrogens (primary N) is 1. The van der Waals surface area contributed by atoms with E-state index in [1.807, 2.05) is 0 Å². The fraction of sp³-hybridized carbons (Fsp3) is 0.667. The first kappa shape index (κ1) is 21.4. The van der Waals surface area contributed by atoms with Crippen molar-refractivity contribution in [2.75, 3.05) is 25.9 Å². The van der Waals surface area contributed by atoms with E-state index in [4.69, 9.17) is 11.1 Å². The summed E-state index contributed by atoms with van der Waals surface area (Å²) in [5, 5.41) is 12.1. The second-order valence-corrected chi connectivity index (χ2v) is 11.0. The molecule has 33 heavy (non-hydrogen) atoms. The first-order valence-electron chi connectivity index (χ1n) is 11.9. The molecule has 4 aliphatic carbocycles. The molecule has 0 spiro atoms. The average Bonchev–Trinajstić information content (AvgIpc) is 3.18. The number of rotatable bonds is 6. The molecule has 4 bridgehead atoms. The van der Waals surface area contributed by atoms with Crippen LogP contribution in [-0.2, 0) is 6.18 Å². The summed E-state index contributed by atoms with van der Waals surface area (Å²) in [7, 11) is 2.22. The Morgan fingerprint density at radius 2 is 2.03 bits per heavy atom. The van der Waals surface area contributed by atoms with E-state index < -0.39 is 17.6 Å². The number of piperazine rings is 1. The summed E-state index contributed by atoms with van der Waals surface area (Å²) in [6.07, 6.45) is 0.898. The van der Waals surface area contributed by atoms with Crippen molar-refractivity contribution in [1.29, 1.82) is 5.41 Å². The van der Waals surface area contributed by atoms with Crippen LogP contribution in [0.4, 0.5) is 19.0 Å². The van der Waals surface area contributed by atoms with Crippen LogP contribution in [0, 0.1) is 28.6 Å². The number of nitrogens with one attached hydrogen (secondary N) is 2. The number of halogens is 3. The highest BCUT2D eigenvalue weighted by Gasteiger charge is 2.93. The molecule has 1 aromatic heterocycles. The molecular formula is C24H31F3N6. The lowest BCUT2D eigenvalue weighted by atomic mass is 9.97. The Morgan fingerprint density at radius 3 is 2.61 bits per heavy atom. The third-order valence-electron chi connectivity index (χ3n) is 8.95. The van der Waals surface area contributed by atoms with Crippen LogP contribution >= 0.6 is 0 Å². The van der Waals surface area contributed by atoms with E-state index in [1.54, 1.807) is 6.08 Å². The maximum atomic E-state index is 13.3. The molecule has 7 rings (SSSR count). The Kier molecular flexibility index (Phi) is 4.36. The van der Waals surface area contributed by atoms with Gasteiger partial charge in [-0.2, -0.15) is 13.2 Å². The predicted molar refractivity (Wildman–Crippen MR) is 120 cm³/mol. The topological polar surface area (TPSA) is 81.3 Å². The summed E-state index contributed by atoms with van der Waals surface area (Å²) >= 11 is 0. The van der Waals surface area contributed by atoms with Gasteiger partial charge in [-0.15, -0.1) is 0 Å². The normalized spacial score (nSPS) is 39.3. The number of fused-ring (bicyclic) bond motifs is 3. The van der Waals surface area contributed by atoms with Crippen LogP contribution in [0.15, 0.2) is 24.0 Å². The Balaban J connectivity index is 1.26. The highest BCUT2D eigenvalue weighted by molar-refractivity contribution is 6.07. The largest absolute Gasteiger partial charge is 0.419 e. The number of nitrogen functional groups attached to an aromatic ring is 1. The summed E-state index contributed by atoms with van der Waals surface area (Å²) in [6.45, 7) is 6.44. The van der Waals surface area contributed by atoms with E-state index in [0.717, 1.165) is 24.9 Å². The third-order valence-corrected chi connectivity index (χ3v) is 8.95. The van der Waals surface area contributed by atoms with E-state index in [-0.39, 0.29) is 22.7 Å². The predicted octanol–water partition coefficient (Wildman–Crippen LogP) is 2.96. The Labute approximate surface area is 191 Å². The number of anilines is 1. The van der Waals surface area contributed by atoms with Gasteiger partial charge in [-0.05, 0) is 63.6 Å². The average molecular weight is 461 g/mol. The first-order chi connectivity index (χ1) is 15.5. The Bertz CT molecular complexity index is 1040. The quantitative estimate of drug-likeness (QED) is 0.569. The lowest BCUT2D eigenvalue weighted by Crippen LogP contribution is -2.49. The molecule has 1 aromatic rings. The molecule has 2 unspecified atom stereocenters. The summed E-state index contributed by atoms with van der Waals surface area (Å²) in [6, 6.07) is 3.07. The molecule has 178 valence electrons. The van der Waals surface area contributed by atoms with E-state index in [0.29, 0.717) is 35.9 Å². The third kappa shape index (κ3) is 2.94. The zero-order valence-corrected chi connectivity index (χ0v) is 19.2. The van der Waals surface area contributed by atoms with Crippen molar-refractivity contribution in [2.45, 2.75) is 57.0 Å². The fourth-order valence-corrected chi connectivity index (χ4v) is 7.54. The fourth-order valence-electron chi connectivity index (χ4n) is 7.54. The van der Waals surface area contributed by atoms with Crippen LogP contribution < -0.4 is 11.1 Å². The molecule has 6 fully saturated rings. The standard InChI is InChI=1S/C24H31F3N6/c1-11(2)31-19(7-17(28)12-4-16(24(25,26)27)22(29)30-8-12)23-15-6-18(21(23)20(15)23)33-10-13-5-14(33)9-32(13)3/h4,7-8,11,13-15,18,20-21,28,31H,5-6,9-10H2,1-3H3,(H2,29,30)/b19-7-,28-17?/t13-,14-,15+,18?,20+,21?,23+/m0/s1. The van der Waals surface area contributed by atoms with E-state index >= 15 is 0 Å². The van der Waals surface area contributed by atoms with Crippen molar-refractivity contribution >= 4 is 11.5 Å². The van der Waals surface area contributed by atoms with Crippen LogP contribution in [0.1, 0.15) is 37.8 Å². The molecule has 4 saturated carbocycles. The van der Waals surface area contributed by atoms with Crippen LogP contribution in [-0.4, -0.2) is 64.8 Å². The molecule has 0 radical (unpaired) electrons. The van der Waals surface area contributed by atoms with Gasteiger partial charge in [0.15, 0.2) is 0 Å². The SMILES string of the molecule is CC(C)N/C(=C\C(=N)c1cnc(N)c(C(F)(F)F)c1)[C@]12C3C(N4C[C@@H]5C[C@H]4CN5C)C[C@@H]1[C@H]32. The number of alkyl halides is 3. The molecule has 0 aromatic carbocycles. The smallest absolute Gasteiger partial charge is 0.386 e. The van der Waals surface area contributed by atoms with Crippen molar-refractivity contribution in [3.8, 4) is 0 Å². The molecule has 3 heterocycles. The summed E-state index contributed by atoms with van der Waals surface area (Å²) < 4.78 is 39.9. The molecule has 6 aliphatic rings. The van der Waals surface area contributed by atoms with Crippen LogP contribution in [0.3, 0.4) is 0 Å². The lowest BCUT2D eigenvalue weighted by molar-refractivity contribution is -0.137. The van der Waals surface area contributed by atoms with Gasteiger partial charge >= 0.3 is 6.18 Å². The van der Waals surface area contributed by atoms with Crippen molar-refractivity contribution in [3.63, 3.8) is 0 Å². The molecule has 2 aliphatic heterocycles. The maximum Gasteiger partial charge on any atom is 0.419 e. The molecule has 6 nitrogen and oxygen atoms in total. The van der Waals surface area contributed by atoms with E-state index in [2.05, 4.69) is 41.0 Å². The van der Waals surface area contributed by atoms with Crippen molar-refractivity contribution < 1.29 is 13.2 Å². The summed E-state index contributed by atoms with van der Waals surface area (Å²) in [5.41, 5.74) is 5.75. The van der Waals surface area contributed by atoms with Gasteiger partial charge in [0.2, 0.25) is 0 Å². The van der Waals surface area contributed by atoms with Crippen LogP contribution in [0.5, 0.6) is 0 Å². The molecule has 2 saturated heterocycles. The van der Waals surface area contributed by atoms with Crippen molar-refractivity contribution in [2.24, 2.45) is 23.2 Å². The number of hydrogen-bond acceptors (Lipinski definition) is 6. The van der Waals surface area contributed by atoms with Gasteiger partial charge in [-0.3, -0.25) is 4.90 Å². The summed E-state index contributed by atoms with van der Waals surface area (Å²) in [5.74, 6) is 1.33. The van der Waals surface area contributed by atoms with Gasteiger partial charge in [-0.25, -0.2) is 4.98 Å². The molecule has 4 N–H and O–H groups in total. The maximum absolute atomic E-state index is 13.3. The van der Waals surface area contributed by atoms with Crippen LogP contribution in [0.2, 0.25) is 0 Å². The van der Waals surface area contributed by atoms with Crippen molar-refractivity contribution in [3.05, 3.63) is 35.2 Å². The highest BCUT2D eigenvalue weighted by atomic mass is 19.4. The van der Waals surface area contributed by atoms with Gasteiger partial charge in [0.1, 0.15) is 5.82 Å². The zero-order valence-electron chi connectivity index (χ0n) is 19.2. The van der Waals surface area contributed by atoms with Crippen molar-refractivity contribution in [1.82, 2.24) is 20.1 Å². The zero-order chi connectivity index (χ0) is 23.4. The van der Waals surface area contributed by atoms with Gasteiger partial charge in [0.25, 0.3) is 0 Å². The monoisotopic (exact) mass is 460 g/mol. The number of pyridine rings is 1. The summed E-state index contributed by atoms with van der Waals surface area (Å²) in [4.78, 5) is 8.94. The molecule has 9 heteroatoms. The first-order valence-corrected chi connectivity index (χ1v) is 11.9. The number of allylic oxidation sites excluding steroid dienone is 2. The molecule has 0 amide bonds. The number of likely N-dealkylation sites (N-methyl/N-ethyl adjacent to an activating group) is 1. The number of aromatic nitrogens is 1. The Morgan fingerprint density at radius 1 is 1.27 bits per heavy atom.